The molecule has 0 saturated carbocycles. The maximum atomic E-state index is 13.4. The van der Waals surface area contributed by atoms with Crippen LogP contribution in [0.5, 0.6) is 11.5 Å². The number of benzene rings is 1. The van der Waals surface area contributed by atoms with Crippen molar-refractivity contribution >= 4 is 15.7 Å². The highest BCUT2D eigenvalue weighted by Gasteiger charge is 2.32. The van der Waals surface area contributed by atoms with E-state index in [1.165, 1.54) is 18.3 Å². The van der Waals surface area contributed by atoms with Gasteiger partial charge in [0.15, 0.2) is 21.3 Å². The molecule has 150 valence electrons. The first-order valence-electron chi connectivity index (χ1n) is 9.01. The summed E-state index contributed by atoms with van der Waals surface area (Å²) in [5.74, 6) is 0.693. The summed E-state index contributed by atoms with van der Waals surface area (Å²) in [6, 6.07) is 7.93. The molecule has 1 atom stereocenters. The molecule has 1 amide bonds. The minimum Gasteiger partial charge on any atom is -0.486 e. The largest absolute Gasteiger partial charge is 0.486 e. The fourth-order valence-corrected chi connectivity index (χ4v) is 4.45. The lowest BCUT2D eigenvalue weighted by Gasteiger charge is -2.23. The normalized spacial score (nSPS) is 15.0. The number of fused-ring (bicyclic) bond motifs is 1. The van der Waals surface area contributed by atoms with Crippen molar-refractivity contribution < 1.29 is 22.7 Å². The van der Waals surface area contributed by atoms with E-state index in [1.54, 1.807) is 45.2 Å². The molecule has 2 heterocycles. The van der Waals surface area contributed by atoms with Crippen LogP contribution in [0.4, 0.5) is 0 Å². The minimum absolute atomic E-state index is 0.0570. The van der Waals surface area contributed by atoms with Crippen LogP contribution < -0.4 is 14.8 Å². The SMILES string of the molecule is CC(C)(C)C(=O)NC[C@H](c1cccnc1)S(=O)(=O)c1ccc2c(c1)OCCO2. The van der Waals surface area contributed by atoms with Crippen molar-refractivity contribution in [2.75, 3.05) is 19.8 Å². The number of hydrogen-bond acceptors (Lipinski definition) is 6. The van der Waals surface area contributed by atoms with Gasteiger partial charge in [-0.1, -0.05) is 26.8 Å². The van der Waals surface area contributed by atoms with Gasteiger partial charge in [-0.2, -0.15) is 0 Å². The van der Waals surface area contributed by atoms with E-state index in [1.807, 2.05) is 0 Å². The molecular formula is C20H24N2O5S. The van der Waals surface area contributed by atoms with E-state index in [-0.39, 0.29) is 17.3 Å². The van der Waals surface area contributed by atoms with E-state index in [9.17, 15) is 13.2 Å². The molecule has 2 aromatic rings. The average molecular weight is 404 g/mol. The molecule has 3 rings (SSSR count). The molecule has 7 nitrogen and oxygen atoms in total. The van der Waals surface area contributed by atoms with Gasteiger partial charge in [-0.05, 0) is 23.8 Å². The fourth-order valence-electron chi connectivity index (χ4n) is 2.79. The Balaban J connectivity index is 1.95. The Bertz CT molecular complexity index is 952. The second-order valence-corrected chi connectivity index (χ2v) is 9.72. The summed E-state index contributed by atoms with van der Waals surface area (Å²) in [5, 5.41) is 1.78. The third-order valence-electron chi connectivity index (χ3n) is 4.40. The zero-order chi connectivity index (χ0) is 20.4. The van der Waals surface area contributed by atoms with Gasteiger partial charge in [0.2, 0.25) is 5.91 Å². The topological polar surface area (TPSA) is 94.6 Å². The number of sulfone groups is 1. The maximum Gasteiger partial charge on any atom is 0.225 e. The quantitative estimate of drug-likeness (QED) is 0.823. The summed E-state index contributed by atoms with van der Waals surface area (Å²) in [6.45, 7) is 6.06. The van der Waals surface area contributed by atoms with Crippen LogP contribution in [-0.4, -0.2) is 39.1 Å². The maximum absolute atomic E-state index is 13.4. The Morgan fingerprint density at radius 1 is 1.18 bits per heavy atom. The molecular weight excluding hydrogens is 380 g/mol. The Kier molecular flexibility index (Phi) is 5.60. The molecule has 1 aliphatic rings. The summed E-state index contributed by atoms with van der Waals surface area (Å²) >= 11 is 0. The van der Waals surface area contributed by atoms with Gasteiger partial charge in [-0.3, -0.25) is 9.78 Å². The molecule has 1 N–H and O–H groups in total. The number of aromatic nitrogens is 1. The van der Waals surface area contributed by atoms with Gasteiger partial charge < -0.3 is 14.8 Å². The molecule has 0 saturated heterocycles. The van der Waals surface area contributed by atoms with Crippen molar-refractivity contribution in [3.05, 3.63) is 48.3 Å². The predicted octanol–water partition coefficient (Wildman–Crippen LogP) is 2.53. The smallest absolute Gasteiger partial charge is 0.225 e. The molecule has 28 heavy (non-hydrogen) atoms. The lowest BCUT2D eigenvalue weighted by Crippen LogP contribution is -2.38. The number of nitrogens with one attached hydrogen (secondary N) is 1. The molecule has 0 unspecified atom stereocenters. The summed E-state index contributed by atoms with van der Waals surface area (Å²) < 4.78 is 37.8. The lowest BCUT2D eigenvalue weighted by atomic mass is 9.95. The molecule has 0 fully saturated rings. The molecule has 0 bridgehead atoms. The van der Waals surface area contributed by atoms with Gasteiger partial charge in [-0.15, -0.1) is 0 Å². The Morgan fingerprint density at radius 2 is 1.89 bits per heavy atom. The first-order chi connectivity index (χ1) is 13.2. The van der Waals surface area contributed by atoms with Gasteiger partial charge in [0.1, 0.15) is 18.5 Å². The Labute approximate surface area is 165 Å². The van der Waals surface area contributed by atoms with Crippen molar-refractivity contribution in [2.24, 2.45) is 5.41 Å². The second kappa shape index (κ2) is 7.79. The van der Waals surface area contributed by atoms with Crippen molar-refractivity contribution in [1.82, 2.24) is 10.3 Å². The number of ether oxygens (including phenoxy) is 2. The number of rotatable bonds is 5. The Hall–Kier alpha value is -2.61. The number of nitrogens with zero attached hydrogens (tertiary/aromatic N) is 1. The Morgan fingerprint density at radius 3 is 2.54 bits per heavy atom. The zero-order valence-corrected chi connectivity index (χ0v) is 17.0. The van der Waals surface area contributed by atoms with Crippen LogP contribution in [0.15, 0.2) is 47.6 Å². The van der Waals surface area contributed by atoms with Gasteiger partial charge in [0.05, 0.1) is 4.90 Å². The van der Waals surface area contributed by atoms with E-state index in [2.05, 4.69) is 10.3 Å². The molecule has 0 aliphatic carbocycles. The highest BCUT2D eigenvalue weighted by Crippen LogP contribution is 2.36. The lowest BCUT2D eigenvalue weighted by molar-refractivity contribution is -0.128. The number of carbonyl (C=O) groups is 1. The third kappa shape index (κ3) is 4.27. The summed E-state index contributed by atoms with van der Waals surface area (Å²) in [4.78, 5) is 16.4. The monoisotopic (exact) mass is 404 g/mol. The van der Waals surface area contributed by atoms with Crippen molar-refractivity contribution in [2.45, 2.75) is 30.9 Å². The van der Waals surface area contributed by atoms with Crippen LogP contribution in [0.2, 0.25) is 0 Å². The summed E-state index contributed by atoms with van der Waals surface area (Å²) in [6.07, 6.45) is 3.08. The van der Waals surface area contributed by atoms with Gasteiger partial charge in [0.25, 0.3) is 0 Å². The summed E-state index contributed by atoms with van der Waals surface area (Å²) in [5.41, 5.74) is -0.119. The molecule has 0 radical (unpaired) electrons. The van der Waals surface area contributed by atoms with Crippen LogP contribution in [0.1, 0.15) is 31.6 Å². The number of carbonyl (C=O) groups excluding carboxylic acids is 1. The first kappa shape index (κ1) is 20.1. The second-order valence-electron chi connectivity index (χ2n) is 7.59. The molecule has 1 aliphatic heterocycles. The third-order valence-corrected chi connectivity index (χ3v) is 6.50. The van der Waals surface area contributed by atoms with Crippen LogP contribution in [0.3, 0.4) is 0 Å². The highest BCUT2D eigenvalue weighted by molar-refractivity contribution is 7.91. The molecule has 0 spiro atoms. The number of hydrogen-bond donors (Lipinski definition) is 1. The van der Waals surface area contributed by atoms with E-state index in [4.69, 9.17) is 9.47 Å². The predicted molar refractivity (Wildman–Crippen MR) is 104 cm³/mol. The van der Waals surface area contributed by atoms with Crippen molar-refractivity contribution in [3.8, 4) is 11.5 Å². The van der Waals surface area contributed by atoms with E-state index < -0.39 is 20.5 Å². The van der Waals surface area contributed by atoms with E-state index >= 15 is 0 Å². The first-order valence-corrected chi connectivity index (χ1v) is 10.6. The number of pyridine rings is 1. The van der Waals surface area contributed by atoms with Crippen molar-refractivity contribution in [3.63, 3.8) is 0 Å². The molecule has 8 heteroatoms. The van der Waals surface area contributed by atoms with Crippen LogP contribution in [0.25, 0.3) is 0 Å². The summed E-state index contributed by atoms with van der Waals surface area (Å²) in [7, 11) is -3.82. The molecule has 1 aromatic heterocycles. The molecule has 1 aromatic carbocycles. The average Bonchev–Trinajstić information content (AvgIpc) is 2.67. The van der Waals surface area contributed by atoms with Crippen molar-refractivity contribution in [1.29, 1.82) is 0 Å². The number of amides is 1. The standard InChI is InChI=1S/C20H24N2O5S/c1-20(2,3)19(23)22-13-18(14-5-4-8-21-12-14)28(24,25)15-6-7-16-17(11-15)27-10-9-26-16/h4-8,11-12,18H,9-10,13H2,1-3H3,(H,22,23)/t18-/m1/s1. The highest BCUT2D eigenvalue weighted by atomic mass is 32.2. The van der Waals surface area contributed by atoms with Crippen LogP contribution in [-0.2, 0) is 14.6 Å². The van der Waals surface area contributed by atoms with Gasteiger partial charge in [0, 0.05) is 30.4 Å². The van der Waals surface area contributed by atoms with Crippen LogP contribution in [0, 0.1) is 5.41 Å². The van der Waals surface area contributed by atoms with Gasteiger partial charge >= 0.3 is 0 Å². The van der Waals surface area contributed by atoms with E-state index in [0.29, 0.717) is 30.3 Å². The van der Waals surface area contributed by atoms with Gasteiger partial charge in [-0.25, -0.2) is 8.42 Å². The minimum atomic E-state index is -3.82. The zero-order valence-electron chi connectivity index (χ0n) is 16.1. The fraction of sp³-hybridized carbons (Fsp3) is 0.400. The van der Waals surface area contributed by atoms with Crippen LogP contribution >= 0.6 is 0 Å². The van der Waals surface area contributed by atoms with E-state index in [0.717, 1.165) is 0 Å².